The number of likely N-dealkylation sites (tertiary alicyclic amines) is 1. The van der Waals surface area contributed by atoms with Gasteiger partial charge in [0.15, 0.2) is 0 Å². The van der Waals surface area contributed by atoms with Crippen LogP contribution in [0.3, 0.4) is 0 Å². The number of hydrogen-bond donors (Lipinski definition) is 3. The first kappa shape index (κ1) is 28.2. The Morgan fingerprint density at radius 2 is 1.52 bits per heavy atom. The van der Waals surface area contributed by atoms with Crippen LogP contribution in [0.4, 0.5) is 5.69 Å². The number of benzene rings is 3. The Morgan fingerprint density at radius 1 is 0.850 bits per heavy atom. The van der Waals surface area contributed by atoms with Crippen LogP contribution in [0.15, 0.2) is 60.7 Å². The molecule has 3 aromatic carbocycles. The van der Waals surface area contributed by atoms with Crippen molar-refractivity contribution in [2.45, 2.75) is 57.3 Å². The number of rotatable bonds is 9. The van der Waals surface area contributed by atoms with Gasteiger partial charge in [-0.3, -0.25) is 9.59 Å². The monoisotopic (exact) mass is 559 g/mol. The number of aryl methyl sites for hydroxylation is 1. The van der Waals surface area contributed by atoms with Gasteiger partial charge in [0.1, 0.15) is 5.75 Å². The molecular weight excluding hydrogens is 522 g/mol. The summed E-state index contributed by atoms with van der Waals surface area (Å²) in [6.07, 6.45) is 8.64. The summed E-state index contributed by atoms with van der Waals surface area (Å²) in [6.45, 7) is 3.76. The highest BCUT2D eigenvalue weighted by Gasteiger charge is 2.25. The number of halogens is 1. The lowest BCUT2D eigenvalue weighted by Crippen LogP contribution is -2.34. The Bertz CT molecular complexity index is 1320. The van der Waals surface area contributed by atoms with Gasteiger partial charge in [-0.05, 0) is 142 Å². The van der Waals surface area contributed by atoms with Crippen LogP contribution < -0.4 is 10.6 Å². The number of carbonyl (C=O) groups is 2. The fourth-order valence-electron chi connectivity index (χ4n) is 5.90. The van der Waals surface area contributed by atoms with Gasteiger partial charge in [-0.25, -0.2) is 0 Å². The molecule has 6 nitrogen and oxygen atoms in total. The van der Waals surface area contributed by atoms with E-state index in [1.54, 1.807) is 48.5 Å². The minimum absolute atomic E-state index is 0.110. The predicted octanol–water partition coefficient (Wildman–Crippen LogP) is 6.57. The minimum Gasteiger partial charge on any atom is -0.507 e. The van der Waals surface area contributed by atoms with Crippen molar-refractivity contribution in [1.82, 2.24) is 10.2 Å². The minimum atomic E-state index is -0.227. The summed E-state index contributed by atoms with van der Waals surface area (Å²) in [7, 11) is 0. The molecule has 1 saturated heterocycles. The summed E-state index contributed by atoms with van der Waals surface area (Å²) in [6, 6.07) is 18.0. The second-order valence-electron chi connectivity index (χ2n) is 11.0. The maximum Gasteiger partial charge on any atom is 0.255 e. The van der Waals surface area contributed by atoms with Crippen LogP contribution in [0.1, 0.15) is 81.8 Å². The number of amides is 2. The van der Waals surface area contributed by atoms with Crippen LogP contribution in [-0.4, -0.2) is 48.0 Å². The van der Waals surface area contributed by atoms with Gasteiger partial charge in [-0.15, -0.1) is 0 Å². The number of nitrogens with one attached hydrogen (secondary N) is 2. The molecule has 0 atom stereocenters. The number of fused-ring (bicyclic) bond motifs is 1. The first-order valence-electron chi connectivity index (χ1n) is 14.5. The van der Waals surface area contributed by atoms with Crippen molar-refractivity contribution in [3.8, 4) is 5.75 Å². The lowest BCUT2D eigenvalue weighted by molar-refractivity contribution is 0.0951. The molecule has 0 unspecified atom stereocenters. The smallest absolute Gasteiger partial charge is 0.255 e. The normalized spacial score (nSPS) is 15.8. The highest BCUT2D eigenvalue weighted by atomic mass is 35.5. The number of piperidine rings is 1. The largest absolute Gasteiger partial charge is 0.507 e. The van der Waals surface area contributed by atoms with Crippen LogP contribution in [-0.2, 0) is 12.8 Å². The molecule has 3 N–H and O–H groups in total. The van der Waals surface area contributed by atoms with E-state index in [1.807, 2.05) is 0 Å². The molecular formula is C33H38ClN3O3. The average molecular weight is 560 g/mol. The predicted molar refractivity (Wildman–Crippen MR) is 161 cm³/mol. The zero-order valence-electron chi connectivity index (χ0n) is 22.9. The number of anilines is 1. The molecule has 2 amide bonds. The zero-order valence-corrected chi connectivity index (χ0v) is 23.7. The van der Waals surface area contributed by atoms with Gasteiger partial charge >= 0.3 is 0 Å². The number of phenolic OH excluding ortho intramolecular Hbond substituents is 1. The third-order valence-corrected chi connectivity index (χ3v) is 8.51. The molecule has 0 bridgehead atoms. The van der Waals surface area contributed by atoms with Gasteiger partial charge in [-0.1, -0.05) is 23.7 Å². The van der Waals surface area contributed by atoms with Crippen LogP contribution >= 0.6 is 11.6 Å². The van der Waals surface area contributed by atoms with Crippen molar-refractivity contribution >= 4 is 29.1 Å². The molecule has 1 fully saturated rings. The maximum absolute atomic E-state index is 12.5. The third-order valence-electron chi connectivity index (χ3n) is 8.26. The van der Waals surface area contributed by atoms with Gasteiger partial charge in [0.05, 0.1) is 0 Å². The van der Waals surface area contributed by atoms with Crippen LogP contribution in [0.25, 0.3) is 0 Å². The van der Waals surface area contributed by atoms with Crippen molar-refractivity contribution in [2.24, 2.45) is 0 Å². The highest BCUT2D eigenvalue weighted by molar-refractivity contribution is 6.30. The van der Waals surface area contributed by atoms with E-state index in [-0.39, 0.29) is 11.8 Å². The van der Waals surface area contributed by atoms with Crippen molar-refractivity contribution in [2.75, 3.05) is 31.5 Å². The summed E-state index contributed by atoms with van der Waals surface area (Å²) >= 11 is 5.88. The summed E-state index contributed by atoms with van der Waals surface area (Å²) in [4.78, 5) is 27.4. The number of nitrogens with zero attached hydrogens (tertiary/aromatic N) is 1. The molecule has 40 heavy (non-hydrogen) atoms. The molecule has 5 rings (SSSR count). The molecule has 1 aliphatic heterocycles. The second kappa shape index (κ2) is 13.3. The maximum atomic E-state index is 12.5. The van der Waals surface area contributed by atoms with Crippen LogP contribution in [0.5, 0.6) is 5.75 Å². The Labute approximate surface area is 241 Å². The molecule has 0 saturated carbocycles. The highest BCUT2D eigenvalue weighted by Crippen LogP contribution is 2.39. The second-order valence-corrected chi connectivity index (χ2v) is 11.4. The topological polar surface area (TPSA) is 81.7 Å². The summed E-state index contributed by atoms with van der Waals surface area (Å²) < 4.78 is 0. The Hall–Kier alpha value is -3.35. The number of aromatic hydroxyl groups is 1. The number of carbonyl (C=O) groups excluding carboxylic acids is 2. The van der Waals surface area contributed by atoms with E-state index in [9.17, 15) is 14.7 Å². The van der Waals surface area contributed by atoms with E-state index in [0.29, 0.717) is 40.0 Å². The van der Waals surface area contributed by atoms with Crippen molar-refractivity contribution < 1.29 is 14.7 Å². The zero-order chi connectivity index (χ0) is 27.9. The van der Waals surface area contributed by atoms with Gasteiger partial charge in [0, 0.05) is 28.4 Å². The Balaban J connectivity index is 0.989. The summed E-state index contributed by atoms with van der Waals surface area (Å²) in [5, 5.41) is 17.3. The van der Waals surface area contributed by atoms with Gasteiger partial charge < -0.3 is 20.6 Å². The molecule has 7 heteroatoms. The van der Waals surface area contributed by atoms with Gasteiger partial charge in [0.2, 0.25) is 0 Å². The van der Waals surface area contributed by atoms with E-state index in [4.69, 9.17) is 11.6 Å². The lowest BCUT2D eigenvalue weighted by atomic mass is 9.83. The standard InChI is InChI=1S/C33H38ClN3O3/c34-27-12-7-26(8-13-27)33(40)36-28-14-9-25(10-15-28)32(39)35-19-3-4-20-37-21-17-24(18-22-37)30-16-11-23-5-1-2-6-29(23)31(30)38/h7-16,24,38H,1-6,17-22H2,(H,35,39)(H,36,40). The van der Waals surface area contributed by atoms with E-state index >= 15 is 0 Å². The van der Waals surface area contributed by atoms with E-state index in [1.165, 1.54) is 24.0 Å². The number of hydrogen-bond acceptors (Lipinski definition) is 4. The lowest BCUT2D eigenvalue weighted by Gasteiger charge is -2.33. The molecule has 0 radical (unpaired) electrons. The first-order valence-corrected chi connectivity index (χ1v) is 14.9. The van der Waals surface area contributed by atoms with Crippen molar-refractivity contribution in [3.63, 3.8) is 0 Å². The molecule has 0 spiro atoms. The third kappa shape index (κ3) is 7.04. The summed E-state index contributed by atoms with van der Waals surface area (Å²) in [5.74, 6) is 0.680. The number of phenols is 1. The van der Waals surface area contributed by atoms with Crippen LogP contribution in [0, 0.1) is 0 Å². The van der Waals surface area contributed by atoms with Crippen molar-refractivity contribution in [3.05, 3.63) is 93.5 Å². The average Bonchev–Trinajstić information content (AvgIpc) is 2.98. The molecule has 210 valence electrons. The van der Waals surface area contributed by atoms with Crippen LogP contribution in [0.2, 0.25) is 5.02 Å². The Morgan fingerprint density at radius 3 is 2.27 bits per heavy atom. The summed E-state index contributed by atoms with van der Waals surface area (Å²) in [5.41, 5.74) is 5.40. The fraction of sp³-hybridized carbons (Fsp3) is 0.394. The SMILES string of the molecule is O=C(NCCCCN1CCC(c2ccc3c(c2O)CCCC3)CC1)c1ccc(NC(=O)c2ccc(Cl)cc2)cc1. The molecule has 1 heterocycles. The first-order chi connectivity index (χ1) is 19.5. The quantitative estimate of drug-likeness (QED) is 0.259. The van der Waals surface area contributed by atoms with Gasteiger partial charge in [-0.2, -0.15) is 0 Å². The van der Waals surface area contributed by atoms with E-state index < -0.39 is 0 Å². The fourth-order valence-corrected chi connectivity index (χ4v) is 6.02. The van der Waals surface area contributed by atoms with Gasteiger partial charge in [0.25, 0.3) is 11.8 Å². The van der Waals surface area contributed by atoms with E-state index in [0.717, 1.165) is 63.7 Å². The molecule has 3 aromatic rings. The molecule has 1 aliphatic carbocycles. The van der Waals surface area contributed by atoms with E-state index in [2.05, 4.69) is 27.7 Å². The Kier molecular flexibility index (Phi) is 9.40. The molecule has 0 aromatic heterocycles. The number of unbranched alkanes of at least 4 members (excludes halogenated alkanes) is 1. The van der Waals surface area contributed by atoms with Crippen molar-refractivity contribution in [1.29, 1.82) is 0 Å². The molecule has 2 aliphatic rings.